The van der Waals surface area contributed by atoms with Crippen LogP contribution in [0.2, 0.25) is 5.02 Å². The molecule has 0 saturated heterocycles. The maximum absolute atomic E-state index is 11.0. The summed E-state index contributed by atoms with van der Waals surface area (Å²) in [6, 6.07) is 3.37. The Bertz CT molecular complexity index is 554. The fourth-order valence-corrected chi connectivity index (χ4v) is 2.21. The number of nitro groups is 1. The van der Waals surface area contributed by atoms with Crippen LogP contribution in [0.5, 0.6) is 11.5 Å². The molecule has 2 rings (SSSR count). The summed E-state index contributed by atoms with van der Waals surface area (Å²) < 4.78 is 11.1. The number of rotatable bonds is 3. The monoisotopic (exact) mass is 297 g/mol. The summed E-state index contributed by atoms with van der Waals surface area (Å²) in [5, 5.41) is 11.4. The molecule has 20 heavy (non-hydrogen) atoms. The van der Waals surface area contributed by atoms with Crippen LogP contribution in [0.3, 0.4) is 0 Å². The maximum Gasteiger partial charge on any atom is 0.249 e. The summed E-state index contributed by atoms with van der Waals surface area (Å²) in [5.41, 5.74) is 0.773. The molecule has 0 aromatic heterocycles. The Kier molecular flexibility index (Phi) is 4.49. The Morgan fingerprint density at radius 2 is 2.10 bits per heavy atom. The largest absolute Gasteiger partial charge is 0.489 e. The summed E-state index contributed by atoms with van der Waals surface area (Å²) in [7, 11) is 0. The maximum atomic E-state index is 11.0. The molecule has 1 aliphatic heterocycles. The minimum Gasteiger partial charge on any atom is -0.489 e. The molecule has 0 spiro atoms. The van der Waals surface area contributed by atoms with Gasteiger partial charge in [-0.15, -0.1) is 0 Å². The van der Waals surface area contributed by atoms with Gasteiger partial charge >= 0.3 is 0 Å². The number of halogens is 1. The van der Waals surface area contributed by atoms with Gasteiger partial charge in [0.15, 0.2) is 11.5 Å². The summed E-state index contributed by atoms with van der Waals surface area (Å²) in [4.78, 5) is 10.6. The number of ether oxygens (including phenoxy) is 2. The van der Waals surface area contributed by atoms with Gasteiger partial charge in [0.25, 0.3) is 0 Å². The Balaban J connectivity index is 2.43. The molecule has 0 radical (unpaired) electrons. The quantitative estimate of drug-likeness (QED) is 0.629. The zero-order valence-corrected chi connectivity index (χ0v) is 12.1. The van der Waals surface area contributed by atoms with Crippen molar-refractivity contribution < 1.29 is 14.4 Å². The highest BCUT2D eigenvalue weighted by Crippen LogP contribution is 2.38. The molecule has 1 aromatic rings. The van der Waals surface area contributed by atoms with Crippen molar-refractivity contribution in [2.75, 3.05) is 13.2 Å². The van der Waals surface area contributed by atoms with E-state index in [4.69, 9.17) is 21.1 Å². The molecule has 0 amide bonds. The Morgan fingerprint density at radius 3 is 2.75 bits per heavy atom. The first-order chi connectivity index (χ1) is 9.49. The third kappa shape index (κ3) is 3.22. The molecule has 0 N–H and O–H groups in total. The normalized spacial score (nSPS) is 15.1. The predicted molar refractivity (Wildman–Crippen MR) is 76.9 cm³/mol. The number of nitrogens with zero attached hydrogens (tertiary/aromatic N) is 1. The van der Waals surface area contributed by atoms with Crippen molar-refractivity contribution >= 4 is 17.7 Å². The van der Waals surface area contributed by atoms with Crippen LogP contribution >= 0.6 is 11.6 Å². The molecule has 0 fully saturated rings. The first kappa shape index (κ1) is 14.7. The fraction of sp³-hybridized carbons (Fsp3) is 0.429. The molecule has 0 bridgehead atoms. The second-order valence-corrected chi connectivity index (χ2v) is 5.27. The van der Waals surface area contributed by atoms with Crippen molar-refractivity contribution in [2.45, 2.75) is 20.3 Å². The van der Waals surface area contributed by atoms with E-state index in [0.29, 0.717) is 35.3 Å². The molecule has 1 aliphatic rings. The molecule has 0 aliphatic carbocycles. The molecule has 1 heterocycles. The zero-order chi connectivity index (χ0) is 14.7. The lowest BCUT2D eigenvalue weighted by atomic mass is 10.1. The van der Waals surface area contributed by atoms with Gasteiger partial charge in [-0.25, -0.2) is 0 Å². The average molecular weight is 298 g/mol. The Labute approximate surface area is 122 Å². The summed E-state index contributed by atoms with van der Waals surface area (Å²) in [5.74, 6) is 0.862. The van der Waals surface area contributed by atoms with E-state index in [0.717, 1.165) is 6.42 Å². The van der Waals surface area contributed by atoms with Crippen LogP contribution in [0, 0.1) is 16.0 Å². The molecule has 0 atom stereocenters. The number of hydrogen-bond donors (Lipinski definition) is 0. The molecule has 6 heteroatoms. The predicted octanol–water partition coefficient (Wildman–Crippen LogP) is 3.77. The van der Waals surface area contributed by atoms with Gasteiger partial charge in [0.1, 0.15) is 0 Å². The van der Waals surface area contributed by atoms with Crippen LogP contribution in [0.25, 0.3) is 6.08 Å². The summed E-state index contributed by atoms with van der Waals surface area (Å²) in [6.07, 6.45) is 2.30. The van der Waals surface area contributed by atoms with Crippen LogP contribution in [0.1, 0.15) is 25.8 Å². The van der Waals surface area contributed by atoms with E-state index in [1.807, 2.05) is 0 Å². The second-order valence-electron chi connectivity index (χ2n) is 4.86. The smallest absolute Gasteiger partial charge is 0.249 e. The van der Waals surface area contributed by atoms with E-state index in [-0.39, 0.29) is 16.5 Å². The van der Waals surface area contributed by atoms with E-state index < -0.39 is 0 Å². The average Bonchev–Trinajstić information content (AvgIpc) is 2.60. The molecular weight excluding hydrogens is 282 g/mol. The third-order valence-electron chi connectivity index (χ3n) is 2.94. The number of benzene rings is 1. The highest BCUT2D eigenvalue weighted by molar-refractivity contribution is 6.32. The molecule has 5 nitrogen and oxygen atoms in total. The lowest BCUT2D eigenvalue weighted by molar-refractivity contribution is -0.431. The minimum absolute atomic E-state index is 0.135. The Hall–Kier alpha value is -1.75. The third-order valence-corrected chi connectivity index (χ3v) is 3.22. The van der Waals surface area contributed by atoms with Crippen molar-refractivity contribution in [1.82, 2.24) is 0 Å². The van der Waals surface area contributed by atoms with Crippen molar-refractivity contribution in [2.24, 2.45) is 5.92 Å². The van der Waals surface area contributed by atoms with Crippen LogP contribution < -0.4 is 9.47 Å². The van der Waals surface area contributed by atoms with Gasteiger partial charge in [0, 0.05) is 18.4 Å². The second kappa shape index (κ2) is 6.13. The van der Waals surface area contributed by atoms with Crippen LogP contribution in [0.15, 0.2) is 17.8 Å². The molecule has 1 aromatic carbocycles. The van der Waals surface area contributed by atoms with Crippen LogP contribution in [0.4, 0.5) is 0 Å². The lowest BCUT2D eigenvalue weighted by Gasteiger charge is -2.10. The standard InChI is InChI=1S/C14H16ClNO4/c1-9(2)12(16(17)18)7-10-6-11(15)14-13(8-10)19-4-3-5-20-14/h6-9H,3-5H2,1-2H3/b12-7-. The SMILES string of the molecule is CC(C)/C(=C/c1cc(Cl)c2c(c1)OCCCO2)[N+](=O)[O-]. The van der Waals surface area contributed by atoms with E-state index in [9.17, 15) is 10.1 Å². The van der Waals surface area contributed by atoms with Crippen molar-refractivity contribution in [3.05, 3.63) is 38.5 Å². The molecule has 108 valence electrons. The summed E-state index contributed by atoms with van der Waals surface area (Å²) >= 11 is 6.16. The number of allylic oxidation sites excluding steroid dienone is 1. The highest BCUT2D eigenvalue weighted by Gasteiger charge is 2.19. The van der Waals surface area contributed by atoms with Gasteiger partial charge in [-0.1, -0.05) is 25.4 Å². The van der Waals surface area contributed by atoms with E-state index >= 15 is 0 Å². The van der Waals surface area contributed by atoms with Gasteiger partial charge in [0.2, 0.25) is 5.70 Å². The number of hydrogen-bond acceptors (Lipinski definition) is 4. The van der Waals surface area contributed by atoms with Gasteiger partial charge < -0.3 is 9.47 Å². The molecule has 0 unspecified atom stereocenters. The first-order valence-electron chi connectivity index (χ1n) is 6.44. The van der Waals surface area contributed by atoms with Crippen molar-refractivity contribution in [3.8, 4) is 11.5 Å². The highest BCUT2D eigenvalue weighted by atomic mass is 35.5. The van der Waals surface area contributed by atoms with Crippen LogP contribution in [-0.2, 0) is 0 Å². The van der Waals surface area contributed by atoms with Crippen molar-refractivity contribution in [1.29, 1.82) is 0 Å². The van der Waals surface area contributed by atoms with Gasteiger partial charge in [-0.3, -0.25) is 10.1 Å². The first-order valence-corrected chi connectivity index (χ1v) is 6.82. The summed E-state index contributed by atoms with van der Waals surface area (Å²) in [6.45, 7) is 4.65. The molecular formula is C14H16ClNO4. The lowest BCUT2D eigenvalue weighted by Crippen LogP contribution is -2.05. The van der Waals surface area contributed by atoms with E-state index in [1.165, 1.54) is 6.08 Å². The Morgan fingerprint density at radius 1 is 1.40 bits per heavy atom. The fourth-order valence-electron chi connectivity index (χ4n) is 1.94. The minimum atomic E-state index is -0.373. The molecule has 0 saturated carbocycles. The zero-order valence-electron chi connectivity index (χ0n) is 11.4. The van der Waals surface area contributed by atoms with E-state index in [1.54, 1.807) is 26.0 Å². The van der Waals surface area contributed by atoms with Crippen LogP contribution in [-0.4, -0.2) is 18.1 Å². The topological polar surface area (TPSA) is 61.6 Å². The van der Waals surface area contributed by atoms with E-state index in [2.05, 4.69) is 0 Å². The van der Waals surface area contributed by atoms with Crippen molar-refractivity contribution in [3.63, 3.8) is 0 Å². The van der Waals surface area contributed by atoms with Gasteiger partial charge in [-0.2, -0.15) is 0 Å². The van der Waals surface area contributed by atoms with Gasteiger partial charge in [-0.05, 0) is 17.7 Å². The number of fused-ring (bicyclic) bond motifs is 1. The van der Waals surface area contributed by atoms with Gasteiger partial charge in [0.05, 0.1) is 23.2 Å².